The van der Waals surface area contributed by atoms with Crippen molar-refractivity contribution in [3.05, 3.63) is 29.8 Å². The SMILES string of the molecule is CSC1CCOc2ccccc21. The summed E-state index contributed by atoms with van der Waals surface area (Å²) in [5.74, 6) is 1.07. The van der Waals surface area contributed by atoms with E-state index in [2.05, 4.69) is 24.5 Å². The van der Waals surface area contributed by atoms with Gasteiger partial charge in [0.15, 0.2) is 0 Å². The molecule has 1 aliphatic rings. The second kappa shape index (κ2) is 3.40. The third-order valence-corrected chi connectivity index (χ3v) is 3.25. The lowest BCUT2D eigenvalue weighted by Gasteiger charge is -2.24. The monoisotopic (exact) mass is 180 g/mol. The maximum atomic E-state index is 5.54. The Labute approximate surface area is 77.1 Å². The molecule has 0 bridgehead atoms. The minimum Gasteiger partial charge on any atom is -0.493 e. The van der Waals surface area contributed by atoms with Crippen molar-refractivity contribution in [1.29, 1.82) is 0 Å². The number of fused-ring (bicyclic) bond motifs is 1. The van der Waals surface area contributed by atoms with Crippen LogP contribution in [0.15, 0.2) is 24.3 Å². The van der Waals surface area contributed by atoms with Gasteiger partial charge in [-0.3, -0.25) is 0 Å². The topological polar surface area (TPSA) is 9.23 Å². The van der Waals surface area contributed by atoms with Gasteiger partial charge in [-0.1, -0.05) is 18.2 Å². The summed E-state index contributed by atoms with van der Waals surface area (Å²) in [5, 5.41) is 0.634. The summed E-state index contributed by atoms with van der Waals surface area (Å²) >= 11 is 1.91. The highest BCUT2D eigenvalue weighted by Gasteiger charge is 2.19. The van der Waals surface area contributed by atoms with E-state index in [1.807, 2.05) is 17.8 Å². The average Bonchev–Trinajstić information content (AvgIpc) is 2.17. The molecule has 2 heteroatoms. The highest BCUT2D eigenvalue weighted by molar-refractivity contribution is 7.98. The Hall–Kier alpha value is -0.630. The largest absolute Gasteiger partial charge is 0.493 e. The minimum atomic E-state index is 0.634. The quantitative estimate of drug-likeness (QED) is 0.657. The van der Waals surface area contributed by atoms with Crippen molar-refractivity contribution in [3.63, 3.8) is 0 Å². The molecule has 0 N–H and O–H groups in total. The molecule has 0 saturated heterocycles. The summed E-state index contributed by atoms with van der Waals surface area (Å²) in [6, 6.07) is 8.33. The molecule has 1 heterocycles. The van der Waals surface area contributed by atoms with Gasteiger partial charge in [-0.05, 0) is 18.7 Å². The second-order valence-corrected chi connectivity index (χ2v) is 3.94. The van der Waals surface area contributed by atoms with Crippen molar-refractivity contribution in [3.8, 4) is 5.75 Å². The van der Waals surface area contributed by atoms with Crippen LogP contribution in [0.5, 0.6) is 5.75 Å². The molecular formula is C10H12OS. The molecule has 0 saturated carbocycles. The van der Waals surface area contributed by atoms with Crippen LogP contribution in [0.1, 0.15) is 17.2 Å². The molecule has 1 aromatic rings. The van der Waals surface area contributed by atoms with Gasteiger partial charge in [0.05, 0.1) is 6.61 Å². The Bertz CT molecular complexity index is 272. The van der Waals surface area contributed by atoms with E-state index in [0.29, 0.717) is 5.25 Å². The van der Waals surface area contributed by atoms with Gasteiger partial charge in [-0.25, -0.2) is 0 Å². The van der Waals surface area contributed by atoms with Gasteiger partial charge in [0, 0.05) is 10.8 Å². The normalized spacial score (nSPS) is 21.2. The van der Waals surface area contributed by atoms with Gasteiger partial charge in [0.25, 0.3) is 0 Å². The molecule has 2 rings (SSSR count). The Morgan fingerprint density at radius 1 is 1.42 bits per heavy atom. The Balaban J connectivity index is 2.37. The molecule has 0 spiro atoms. The van der Waals surface area contributed by atoms with Gasteiger partial charge in [0.1, 0.15) is 5.75 Å². The van der Waals surface area contributed by atoms with E-state index < -0.39 is 0 Å². The second-order valence-electron chi connectivity index (χ2n) is 2.90. The molecule has 0 fully saturated rings. The van der Waals surface area contributed by atoms with Crippen molar-refractivity contribution in [2.45, 2.75) is 11.7 Å². The van der Waals surface area contributed by atoms with Gasteiger partial charge in [-0.15, -0.1) is 0 Å². The van der Waals surface area contributed by atoms with Crippen LogP contribution in [0.2, 0.25) is 0 Å². The first kappa shape index (κ1) is 7.99. The molecule has 12 heavy (non-hydrogen) atoms. The predicted octanol–water partition coefficient (Wildman–Crippen LogP) is 2.87. The highest BCUT2D eigenvalue weighted by Crippen LogP contribution is 2.39. The summed E-state index contributed by atoms with van der Waals surface area (Å²) in [4.78, 5) is 0. The van der Waals surface area contributed by atoms with E-state index in [1.54, 1.807) is 0 Å². The summed E-state index contributed by atoms with van der Waals surface area (Å²) < 4.78 is 5.54. The molecule has 0 aromatic heterocycles. The fourth-order valence-electron chi connectivity index (χ4n) is 1.55. The summed E-state index contributed by atoms with van der Waals surface area (Å²) in [6.07, 6.45) is 3.30. The molecule has 1 atom stereocenters. The standard InChI is InChI=1S/C10H12OS/c1-12-10-6-7-11-9-5-3-2-4-8(9)10/h2-5,10H,6-7H2,1H3. The van der Waals surface area contributed by atoms with Gasteiger partial charge >= 0.3 is 0 Å². The zero-order valence-corrected chi connectivity index (χ0v) is 7.93. The third-order valence-electron chi connectivity index (χ3n) is 2.19. The maximum absolute atomic E-state index is 5.54. The van der Waals surface area contributed by atoms with Crippen molar-refractivity contribution in [2.75, 3.05) is 12.9 Å². The first-order valence-electron chi connectivity index (χ1n) is 4.16. The van der Waals surface area contributed by atoms with Crippen LogP contribution in [0, 0.1) is 0 Å². The number of para-hydroxylation sites is 1. The van der Waals surface area contributed by atoms with E-state index in [1.165, 1.54) is 5.56 Å². The maximum Gasteiger partial charge on any atom is 0.123 e. The van der Waals surface area contributed by atoms with Crippen molar-refractivity contribution < 1.29 is 4.74 Å². The highest BCUT2D eigenvalue weighted by atomic mass is 32.2. The van der Waals surface area contributed by atoms with Crippen LogP contribution in [-0.4, -0.2) is 12.9 Å². The summed E-state index contributed by atoms with van der Waals surface area (Å²) in [5.41, 5.74) is 1.36. The lowest BCUT2D eigenvalue weighted by molar-refractivity contribution is 0.286. The molecule has 0 radical (unpaired) electrons. The molecule has 1 unspecified atom stereocenters. The van der Waals surface area contributed by atoms with Crippen molar-refractivity contribution in [2.24, 2.45) is 0 Å². The molecular weight excluding hydrogens is 168 g/mol. The van der Waals surface area contributed by atoms with Crippen LogP contribution < -0.4 is 4.74 Å². The van der Waals surface area contributed by atoms with E-state index in [-0.39, 0.29) is 0 Å². The zero-order chi connectivity index (χ0) is 8.39. The summed E-state index contributed by atoms with van der Waals surface area (Å²) in [7, 11) is 0. The first-order chi connectivity index (χ1) is 5.92. The number of ether oxygens (including phenoxy) is 1. The first-order valence-corrected chi connectivity index (χ1v) is 5.45. The number of hydrogen-bond acceptors (Lipinski definition) is 2. The van der Waals surface area contributed by atoms with Crippen molar-refractivity contribution >= 4 is 11.8 Å². The minimum absolute atomic E-state index is 0.634. The fraction of sp³-hybridized carbons (Fsp3) is 0.400. The molecule has 1 nitrogen and oxygen atoms in total. The average molecular weight is 180 g/mol. The molecule has 0 aliphatic carbocycles. The van der Waals surface area contributed by atoms with E-state index in [4.69, 9.17) is 4.74 Å². The third kappa shape index (κ3) is 1.31. The fourth-order valence-corrected chi connectivity index (χ4v) is 2.33. The molecule has 1 aromatic carbocycles. The van der Waals surface area contributed by atoms with Crippen LogP contribution in [0.3, 0.4) is 0 Å². The lowest BCUT2D eigenvalue weighted by Crippen LogP contribution is -2.11. The number of benzene rings is 1. The summed E-state index contributed by atoms with van der Waals surface area (Å²) in [6.45, 7) is 0.864. The number of thioether (sulfide) groups is 1. The molecule has 0 amide bonds. The smallest absolute Gasteiger partial charge is 0.123 e. The van der Waals surface area contributed by atoms with Crippen LogP contribution >= 0.6 is 11.8 Å². The van der Waals surface area contributed by atoms with Gasteiger partial charge < -0.3 is 4.74 Å². The Morgan fingerprint density at radius 2 is 2.25 bits per heavy atom. The lowest BCUT2D eigenvalue weighted by atomic mass is 10.1. The van der Waals surface area contributed by atoms with E-state index >= 15 is 0 Å². The van der Waals surface area contributed by atoms with E-state index in [0.717, 1.165) is 18.8 Å². The Morgan fingerprint density at radius 3 is 3.08 bits per heavy atom. The number of hydrogen-bond donors (Lipinski definition) is 0. The van der Waals surface area contributed by atoms with Crippen LogP contribution in [0.4, 0.5) is 0 Å². The van der Waals surface area contributed by atoms with Crippen LogP contribution in [0.25, 0.3) is 0 Å². The van der Waals surface area contributed by atoms with Gasteiger partial charge in [0.2, 0.25) is 0 Å². The Kier molecular flexibility index (Phi) is 2.26. The van der Waals surface area contributed by atoms with Crippen LogP contribution in [-0.2, 0) is 0 Å². The number of rotatable bonds is 1. The predicted molar refractivity (Wildman–Crippen MR) is 52.8 cm³/mol. The molecule has 1 aliphatic heterocycles. The molecule has 64 valence electrons. The van der Waals surface area contributed by atoms with Crippen molar-refractivity contribution in [1.82, 2.24) is 0 Å². The van der Waals surface area contributed by atoms with E-state index in [9.17, 15) is 0 Å². The zero-order valence-electron chi connectivity index (χ0n) is 7.12. The van der Waals surface area contributed by atoms with Gasteiger partial charge in [-0.2, -0.15) is 11.8 Å².